The second-order valence-electron chi connectivity index (χ2n) is 2.35. The Bertz CT molecular complexity index is 56.3. The van der Waals surface area contributed by atoms with Crippen LogP contribution in [0.3, 0.4) is 0 Å². The molecule has 0 amide bonds. The summed E-state index contributed by atoms with van der Waals surface area (Å²) in [6.07, 6.45) is 0. The molecule has 0 spiro atoms. The van der Waals surface area contributed by atoms with E-state index in [1.54, 1.807) is 0 Å². The average Bonchev–Trinajstić information content (AvgIpc) is 1.35. The summed E-state index contributed by atoms with van der Waals surface area (Å²) < 4.78 is 10.0. The lowest BCUT2D eigenvalue weighted by molar-refractivity contribution is 0.604. The smallest absolute Gasteiger partial charge is 0.0967 e. The van der Waals surface area contributed by atoms with Gasteiger partial charge < -0.3 is 0 Å². The van der Waals surface area contributed by atoms with Crippen molar-refractivity contribution in [1.29, 1.82) is 0 Å². The van der Waals surface area contributed by atoms with Crippen molar-refractivity contribution in [3.63, 3.8) is 0 Å². The molecule has 0 N–H and O–H groups in total. The van der Waals surface area contributed by atoms with Crippen LogP contribution >= 0.6 is 8.01 Å². The van der Waals surface area contributed by atoms with Crippen molar-refractivity contribution in [2.24, 2.45) is 0 Å². The van der Waals surface area contributed by atoms with E-state index in [1.165, 1.54) is 0 Å². The Kier molecular flexibility index (Phi) is 1.95. The summed E-state index contributed by atoms with van der Waals surface area (Å²) in [5.41, 5.74) is 0. The molecular weight excluding hydrogens is 111 g/mol. The van der Waals surface area contributed by atoms with Crippen molar-refractivity contribution in [2.75, 3.05) is 0 Å². The molecule has 0 saturated heterocycles. The Morgan fingerprint density at radius 2 is 1.50 bits per heavy atom. The molecule has 0 aromatic heterocycles. The zero-order valence-electron chi connectivity index (χ0n) is 4.41. The first-order chi connectivity index (χ1) is 2.56. The Labute approximate surface area is 40.8 Å². The fraction of sp³-hybridized carbons (Fsp3) is 1.00. The predicted octanol–water partition coefficient (Wildman–Crippen LogP) is 1.85. The highest BCUT2D eigenvalue weighted by Crippen LogP contribution is 2.14. The van der Waals surface area contributed by atoms with E-state index < -0.39 is 7.74 Å². The minimum absolute atomic E-state index is 0.0440. The van der Waals surface area contributed by atoms with Gasteiger partial charge in [-0.2, -0.15) is 0 Å². The predicted molar refractivity (Wildman–Crippen MR) is 32.3 cm³/mol. The molecule has 0 aromatic rings. The van der Waals surface area contributed by atoms with Crippen molar-refractivity contribution in [3.8, 4) is 0 Å². The molecule has 0 saturated carbocycles. The average molecular weight is 121 g/mol. The fourth-order valence-electron chi connectivity index (χ4n) is 0. The summed E-state index contributed by atoms with van der Waals surface area (Å²) >= 11 is 0. The highest BCUT2D eigenvalue weighted by Gasteiger charge is 2.23. The van der Waals surface area contributed by atoms with Crippen molar-refractivity contribution in [3.05, 3.63) is 0 Å². The Morgan fingerprint density at radius 1 is 1.33 bits per heavy atom. The number of hydrogen-bond acceptors (Lipinski definition) is 1. The molecule has 3 heteroatoms. The van der Waals surface area contributed by atoms with E-state index >= 15 is 0 Å². The van der Waals surface area contributed by atoms with Gasteiger partial charge in [-0.3, -0.25) is 0 Å². The zero-order valence-corrected chi connectivity index (χ0v) is 6.41. The highest BCUT2D eigenvalue weighted by atomic mass is 31.3. The Balaban J connectivity index is 3.45. The molecule has 1 unspecified atom stereocenters. The van der Waals surface area contributed by atoms with E-state index in [1.807, 2.05) is 0 Å². The molecule has 0 aliphatic carbocycles. The molecule has 0 aromatic carbocycles. The van der Waals surface area contributed by atoms with Crippen LogP contribution in [0.1, 0.15) is 0 Å². The van der Waals surface area contributed by atoms with Gasteiger partial charge in [0.15, 0.2) is 0 Å². The highest BCUT2D eigenvalue weighted by molar-refractivity contribution is 7.72. The minimum atomic E-state index is -1.16. The summed E-state index contributed by atoms with van der Waals surface area (Å²) in [6, 6.07) is 0. The van der Waals surface area contributed by atoms with Crippen molar-refractivity contribution in [2.45, 2.75) is 19.6 Å². The third kappa shape index (κ3) is 4.32. The lowest BCUT2D eigenvalue weighted by atomic mass is 11.8. The van der Waals surface area contributed by atoms with Gasteiger partial charge in [0.05, 0.1) is 0 Å². The molecule has 0 rings (SSSR count). The van der Waals surface area contributed by atoms with Gasteiger partial charge in [0.2, 0.25) is 0 Å². The molecular formula is C3H10OPSi+. The lowest BCUT2D eigenvalue weighted by Gasteiger charge is -1.85. The van der Waals surface area contributed by atoms with Crippen molar-refractivity contribution in [1.82, 2.24) is 0 Å². The quantitative estimate of drug-likeness (QED) is 0.382. The van der Waals surface area contributed by atoms with E-state index in [0.29, 0.717) is 0 Å². The summed E-state index contributed by atoms with van der Waals surface area (Å²) in [6.45, 7) is 6.25. The van der Waals surface area contributed by atoms with E-state index in [9.17, 15) is 4.57 Å². The van der Waals surface area contributed by atoms with Crippen LogP contribution < -0.4 is 0 Å². The second kappa shape index (κ2) is 1.85. The summed E-state index contributed by atoms with van der Waals surface area (Å²) in [5.74, 6) is 0. The van der Waals surface area contributed by atoms with Gasteiger partial charge in [0.1, 0.15) is 0 Å². The molecule has 0 fully saturated rings. The number of rotatable bonds is 1. The van der Waals surface area contributed by atoms with Crippen LogP contribution in [0.2, 0.25) is 19.6 Å². The van der Waals surface area contributed by atoms with Gasteiger partial charge in [-0.15, -0.1) is 0 Å². The van der Waals surface area contributed by atoms with Gasteiger partial charge in [-0.25, -0.2) is 0 Å². The van der Waals surface area contributed by atoms with Crippen molar-refractivity contribution < 1.29 is 4.57 Å². The largest absolute Gasteiger partial charge is 0.328 e. The van der Waals surface area contributed by atoms with Crippen LogP contribution in [0.15, 0.2) is 0 Å². The van der Waals surface area contributed by atoms with Gasteiger partial charge in [0, 0.05) is 0 Å². The maximum Gasteiger partial charge on any atom is 0.328 e. The van der Waals surface area contributed by atoms with Crippen molar-refractivity contribution >= 4 is 15.7 Å². The van der Waals surface area contributed by atoms with Crippen LogP contribution in [0.5, 0.6) is 0 Å². The van der Waals surface area contributed by atoms with Gasteiger partial charge in [-0.05, 0) is 19.6 Å². The fourth-order valence-corrected chi connectivity index (χ4v) is 0. The van der Waals surface area contributed by atoms with Crippen LogP contribution in [-0.4, -0.2) is 7.74 Å². The third-order valence-electron chi connectivity index (χ3n) is 0.306. The van der Waals surface area contributed by atoms with Crippen LogP contribution in [0.4, 0.5) is 0 Å². The van der Waals surface area contributed by atoms with Crippen LogP contribution in [0, 0.1) is 0 Å². The van der Waals surface area contributed by atoms with Gasteiger partial charge >= 0.3 is 7.74 Å². The topological polar surface area (TPSA) is 17.1 Å². The molecule has 1 nitrogen and oxygen atoms in total. The Morgan fingerprint density at radius 3 is 1.50 bits per heavy atom. The standard InChI is InChI=1S/C3H10OPSi/c1-6(2,3)5-4/h5H,1-3H3/q+1. The molecule has 0 radical (unpaired) electrons. The van der Waals surface area contributed by atoms with E-state index in [-0.39, 0.29) is 8.01 Å². The lowest BCUT2D eigenvalue weighted by Crippen LogP contribution is -2.07. The maximum absolute atomic E-state index is 10.0. The maximum atomic E-state index is 10.0. The third-order valence-corrected chi connectivity index (χ3v) is 2.76. The first kappa shape index (κ1) is 6.32. The molecule has 1 atom stereocenters. The summed E-state index contributed by atoms with van der Waals surface area (Å²) in [4.78, 5) is 0. The van der Waals surface area contributed by atoms with Crippen LogP contribution in [0.25, 0.3) is 0 Å². The normalized spacial score (nSPS) is 12.5. The molecule has 0 aliphatic heterocycles. The van der Waals surface area contributed by atoms with E-state index in [4.69, 9.17) is 0 Å². The van der Waals surface area contributed by atoms with Crippen LogP contribution in [-0.2, 0) is 4.57 Å². The molecule has 6 heavy (non-hydrogen) atoms. The molecule has 36 valence electrons. The molecule has 0 heterocycles. The monoisotopic (exact) mass is 121 g/mol. The second-order valence-corrected chi connectivity index (χ2v) is 12.2. The number of hydrogen-bond donors (Lipinski definition) is 0. The molecule has 0 bridgehead atoms. The Hall–Kier alpha value is 0.317. The summed E-state index contributed by atoms with van der Waals surface area (Å²) in [5, 5.41) is 0. The van der Waals surface area contributed by atoms with E-state index in [2.05, 4.69) is 19.6 Å². The first-order valence-electron chi connectivity index (χ1n) is 1.95. The first-order valence-corrected chi connectivity index (χ1v) is 7.36. The SMILES string of the molecule is C[Si](C)(C)[PH+]=O. The summed E-state index contributed by atoms with van der Waals surface area (Å²) in [7, 11) is -1.20. The molecule has 0 aliphatic rings. The zero-order chi connectivity index (χ0) is 5.21. The van der Waals surface area contributed by atoms with E-state index in [0.717, 1.165) is 0 Å². The van der Waals surface area contributed by atoms with Gasteiger partial charge in [0.25, 0.3) is 8.01 Å². The minimum Gasteiger partial charge on any atom is -0.0967 e. The van der Waals surface area contributed by atoms with Gasteiger partial charge in [-0.1, -0.05) is 4.57 Å².